The van der Waals surface area contributed by atoms with E-state index in [4.69, 9.17) is 10.8 Å². The number of pyridine rings is 1. The number of hydrogen-bond acceptors (Lipinski definition) is 4. The van der Waals surface area contributed by atoms with Crippen LogP contribution in [0, 0.1) is 0 Å². The van der Waals surface area contributed by atoms with Gasteiger partial charge in [0, 0.05) is 31.9 Å². The summed E-state index contributed by atoms with van der Waals surface area (Å²) in [4.78, 5) is 6.79. The van der Waals surface area contributed by atoms with Gasteiger partial charge in [-0.05, 0) is 43.4 Å². The van der Waals surface area contributed by atoms with Crippen molar-refractivity contribution < 1.29 is 5.11 Å². The predicted octanol–water partition coefficient (Wildman–Crippen LogP) is 1.28. The van der Waals surface area contributed by atoms with Crippen LogP contribution in [0.15, 0.2) is 18.3 Å². The van der Waals surface area contributed by atoms with Crippen LogP contribution in [0.2, 0.25) is 0 Å². The van der Waals surface area contributed by atoms with Crippen LogP contribution in [-0.2, 0) is 6.54 Å². The second-order valence-electron chi connectivity index (χ2n) is 4.58. The molecule has 1 atom stereocenters. The molecule has 0 amide bonds. The lowest BCUT2D eigenvalue weighted by Crippen LogP contribution is -2.30. The summed E-state index contributed by atoms with van der Waals surface area (Å²) in [5, 5.41) is 8.91. The van der Waals surface area contributed by atoms with Gasteiger partial charge in [-0.2, -0.15) is 0 Å². The molecule has 0 aliphatic carbocycles. The van der Waals surface area contributed by atoms with Crippen molar-refractivity contribution in [1.29, 1.82) is 0 Å². The second-order valence-corrected chi connectivity index (χ2v) is 4.58. The van der Waals surface area contributed by atoms with Gasteiger partial charge in [-0.15, -0.1) is 0 Å². The zero-order chi connectivity index (χ0) is 12.1. The van der Waals surface area contributed by atoms with Gasteiger partial charge in [0.1, 0.15) is 5.82 Å². The Hall–Kier alpha value is -1.13. The van der Waals surface area contributed by atoms with Gasteiger partial charge in [-0.3, -0.25) is 0 Å². The van der Waals surface area contributed by atoms with E-state index in [0.717, 1.165) is 30.8 Å². The van der Waals surface area contributed by atoms with E-state index in [1.165, 1.54) is 12.8 Å². The van der Waals surface area contributed by atoms with Crippen molar-refractivity contribution in [2.45, 2.75) is 38.3 Å². The SMILES string of the molecule is NCc1ccnc(N2CCCC2CCCO)c1. The van der Waals surface area contributed by atoms with Gasteiger partial charge in [0.25, 0.3) is 0 Å². The molecule has 1 aliphatic heterocycles. The molecular weight excluding hydrogens is 214 g/mol. The topological polar surface area (TPSA) is 62.4 Å². The van der Waals surface area contributed by atoms with Gasteiger partial charge < -0.3 is 15.7 Å². The summed E-state index contributed by atoms with van der Waals surface area (Å²) in [6.45, 7) is 1.91. The zero-order valence-electron chi connectivity index (χ0n) is 10.2. The van der Waals surface area contributed by atoms with Crippen molar-refractivity contribution in [3.05, 3.63) is 23.9 Å². The van der Waals surface area contributed by atoms with Crippen molar-refractivity contribution in [1.82, 2.24) is 4.98 Å². The average molecular weight is 235 g/mol. The molecule has 1 fully saturated rings. The highest BCUT2D eigenvalue weighted by Crippen LogP contribution is 2.26. The minimum atomic E-state index is 0.278. The van der Waals surface area contributed by atoms with E-state index in [9.17, 15) is 0 Å². The van der Waals surface area contributed by atoms with Gasteiger partial charge in [0.05, 0.1) is 0 Å². The van der Waals surface area contributed by atoms with Crippen molar-refractivity contribution in [3.63, 3.8) is 0 Å². The first kappa shape index (κ1) is 12.3. The molecule has 0 aromatic carbocycles. The van der Waals surface area contributed by atoms with Crippen molar-refractivity contribution >= 4 is 5.82 Å². The lowest BCUT2D eigenvalue weighted by atomic mass is 10.1. The van der Waals surface area contributed by atoms with Crippen LogP contribution in [0.5, 0.6) is 0 Å². The molecule has 2 heterocycles. The zero-order valence-corrected chi connectivity index (χ0v) is 10.2. The Morgan fingerprint density at radius 1 is 1.53 bits per heavy atom. The van der Waals surface area contributed by atoms with Gasteiger partial charge in [0.2, 0.25) is 0 Å². The Balaban J connectivity index is 2.08. The maximum absolute atomic E-state index is 8.91. The summed E-state index contributed by atoms with van der Waals surface area (Å²) in [6.07, 6.45) is 6.17. The third kappa shape index (κ3) is 2.96. The number of nitrogens with two attached hydrogens (primary N) is 1. The molecule has 0 bridgehead atoms. The number of rotatable bonds is 5. The van der Waals surface area contributed by atoms with Gasteiger partial charge in [0.15, 0.2) is 0 Å². The number of aromatic nitrogens is 1. The van der Waals surface area contributed by atoms with Crippen molar-refractivity contribution in [3.8, 4) is 0 Å². The summed E-state index contributed by atoms with van der Waals surface area (Å²) in [7, 11) is 0. The fourth-order valence-corrected chi connectivity index (χ4v) is 2.51. The monoisotopic (exact) mass is 235 g/mol. The number of aliphatic hydroxyl groups excluding tert-OH is 1. The molecule has 2 rings (SSSR count). The molecule has 1 aromatic heterocycles. The normalized spacial score (nSPS) is 19.9. The van der Waals surface area contributed by atoms with Crippen LogP contribution < -0.4 is 10.6 Å². The number of hydrogen-bond donors (Lipinski definition) is 2. The van der Waals surface area contributed by atoms with Crippen molar-refractivity contribution in [2.24, 2.45) is 5.73 Å². The maximum Gasteiger partial charge on any atom is 0.129 e. The van der Waals surface area contributed by atoms with Crippen LogP contribution in [0.1, 0.15) is 31.2 Å². The van der Waals surface area contributed by atoms with E-state index in [1.54, 1.807) is 0 Å². The van der Waals surface area contributed by atoms with Crippen LogP contribution in [0.3, 0.4) is 0 Å². The highest BCUT2D eigenvalue weighted by atomic mass is 16.2. The number of nitrogens with zero attached hydrogens (tertiary/aromatic N) is 2. The van der Waals surface area contributed by atoms with E-state index >= 15 is 0 Å². The fraction of sp³-hybridized carbons (Fsp3) is 0.615. The molecule has 4 heteroatoms. The molecule has 3 N–H and O–H groups in total. The van der Waals surface area contributed by atoms with Crippen molar-refractivity contribution in [2.75, 3.05) is 18.1 Å². The Labute approximate surface area is 102 Å². The third-order valence-corrected chi connectivity index (χ3v) is 3.41. The summed E-state index contributed by atoms with van der Waals surface area (Å²) in [5.41, 5.74) is 6.78. The molecule has 94 valence electrons. The molecule has 1 aliphatic rings. The van der Waals surface area contributed by atoms with E-state index in [2.05, 4.69) is 16.0 Å². The Bertz CT molecular complexity index is 356. The third-order valence-electron chi connectivity index (χ3n) is 3.41. The van der Waals surface area contributed by atoms with Crippen LogP contribution in [0.25, 0.3) is 0 Å². The average Bonchev–Trinajstić information content (AvgIpc) is 2.84. The summed E-state index contributed by atoms with van der Waals surface area (Å²) in [6, 6.07) is 4.57. The molecule has 4 nitrogen and oxygen atoms in total. The van der Waals surface area contributed by atoms with E-state index in [1.807, 2.05) is 12.3 Å². The number of anilines is 1. The second kappa shape index (κ2) is 5.98. The first-order chi connectivity index (χ1) is 8.35. The van der Waals surface area contributed by atoms with E-state index < -0.39 is 0 Å². The van der Waals surface area contributed by atoms with E-state index in [-0.39, 0.29) is 6.61 Å². The molecular formula is C13H21N3O. The molecule has 17 heavy (non-hydrogen) atoms. The number of aliphatic hydroxyl groups is 1. The lowest BCUT2D eigenvalue weighted by molar-refractivity contribution is 0.279. The minimum absolute atomic E-state index is 0.278. The Morgan fingerprint density at radius 3 is 3.18 bits per heavy atom. The molecule has 1 aromatic rings. The Kier molecular flexibility index (Phi) is 4.34. The molecule has 0 spiro atoms. The molecule has 1 saturated heterocycles. The first-order valence-electron chi connectivity index (χ1n) is 6.37. The Morgan fingerprint density at radius 2 is 2.41 bits per heavy atom. The van der Waals surface area contributed by atoms with Crippen LogP contribution >= 0.6 is 0 Å². The molecule has 0 saturated carbocycles. The van der Waals surface area contributed by atoms with E-state index in [0.29, 0.717) is 12.6 Å². The fourth-order valence-electron chi connectivity index (χ4n) is 2.51. The van der Waals surface area contributed by atoms with Gasteiger partial charge >= 0.3 is 0 Å². The highest BCUT2D eigenvalue weighted by molar-refractivity contribution is 5.43. The maximum atomic E-state index is 8.91. The minimum Gasteiger partial charge on any atom is -0.396 e. The molecule has 0 radical (unpaired) electrons. The molecule has 1 unspecified atom stereocenters. The van der Waals surface area contributed by atoms with Gasteiger partial charge in [-0.25, -0.2) is 4.98 Å². The quantitative estimate of drug-likeness (QED) is 0.807. The lowest BCUT2D eigenvalue weighted by Gasteiger charge is -2.25. The smallest absolute Gasteiger partial charge is 0.129 e. The summed E-state index contributed by atoms with van der Waals surface area (Å²) >= 11 is 0. The van der Waals surface area contributed by atoms with Crippen LogP contribution in [0.4, 0.5) is 5.82 Å². The summed E-state index contributed by atoms with van der Waals surface area (Å²) in [5.74, 6) is 1.04. The first-order valence-corrected chi connectivity index (χ1v) is 6.37. The van der Waals surface area contributed by atoms with Gasteiger partial charge in [-0.1, -0.05) is 0 Å². The predicted molar refractivity (Wildman–Crippen MR) is 68.8 cm³/mol. The largest absolute Gasteiger partial charge is 0.396 e. The standard InChI is InChI=1S/C13H21N3O/c14-10-11-5-6-15-13(9-11)16-7-1-3-12(16)4-2-8-17/h5-6,9,12,17H,1-4,7-8,10,14H2. The summed E-state index contributed by atoms with van der Waals surface area (Å²) < 4.78 is 0. The highest BCUT2D eigenvalue weighted by Gasteiger charge is 2.24. The van der Waals surface area contributed by atoms with Crippen LogP contribution in [-0.4, -0.2) is 29.3 Å².